The zero-order valence-electron chi connectivity index (χ0n) is 20.2. The van der Waals surface area contributed by atoms with E-state index in [1.165, 1.54) is 21.1 Å². The largest absolute Gasteiger partial charge is 0.502 e. The molecule has 0 saturated heterocycles. The Morgan fingerprint density at radius 1 is 1.06 bits per heavy atom. The van der Waals surface area contributed by atoms with Gasteiger partial charge in [0.05, 0.1) is 20.8 Å². The fourth-order valence-corrected chi connectivity index (χ4v) is 4.57. The number of nitrogens with one attached hydrogen (secondary N) is 1. The molecule has 1 unspecified atom stereocenters. The summed E-state index contributed by atoms with van der Waals surface area (Å²) in [6, 6.07) is 17.7. The highest BCUT2D eigenvalue weighted by atomic mass is 35.5. The lowest BCUT2D eigenvalue weighted by atomic mass is 9.93. The van der Waals surface area contributed by atoms with E-state index in [2.05, 4.69) is 5.32 Å². The second-order valence-corrected chi connectivity index (χ2v) is 8.71. The number of halogens is 1. The lowest BCUT2D eigenvalue weighted by Gasteiger charge is -2.39. The molecule has 2 amide bonds. The Morgan fingerprint density at radius 2 is 1.69 bits per heavy atom. The third-order valence-corrected chi connectivity index (χ3v) is 6.33. The Balaban J connectivity index is 1.83. The summed E-state index contributed by atoms with van der Waals surface area (Å²) in [6.07, 6.45) is 0. The first-order chi connectivity index (χ1) is 17.3. The molecule has 188 valence electrons. The summed E-state index contributed by atoms with van der Waals surface area (Å²) in [5.41, 5.74) is 1.25. The van der Waals surface area contributed by atoms with Gasteiger partial charge < -0.3 is 29.5 Å². The number of carbonyl (C=O) groups excluding carboxylic acids is 2. The molecule has 4 rings (SSSR count). The summed E-state index contributed by atoms with van der Waals surface area (Å²) < 4.78 is 17.2. The van der Waals surface area contributed by atoms with E-state index in [4.69, 9.17) is 25.8 Å². The van der Waals surface area contributed by atoms with Crippen molar-refractivity contribution in [2.45, 2.75) is 19.3 Å². The van der Waals surface area contributed by atoms with Crippen LogP contribution in [0.3, 0.4) is 0 Å². The van der Waals surface area contributed by atoms with Gasteiger partial charge in [-0.15, -0.1) is 0 Å². The number of methoxy groups -OCH3 is 2. The Morgan fingerprint density at radius 3 is 2.31 bits per heavy atom. The molecule has 8 nitrogen and oxygen atoms in total. The maximum absolute atomic E-state index is 13.6. The minimum absolute atomic E-state index is 0.0495. The molecule has 0 bridgehead atoms. The number of nitrogens with zero attached hydrogens (tertiary/aromatic N) is 1. The predicted octanol–water partition coefficient (Wildman–Crippen LogP) is 4.07. The molecule has 1 aliphatic rings. The van der Waals surface area contributed by atoms with Gasteiger partial charge in [0.25, 0.3) is 5.91 Å². The number of fused-ring (bicyclic) bond motifs is 1. The third-order valence-electron chi connectivity index (χ3n) is 6.08. The standard InChI is InChI=1S/C27H27ClN2O6/c1-17(31)29-12-13-30-26(33)21-6-4-5-7-22(21)27(30,19-8-10-20(28)11-9-19)36-16-18-14-23(34-2)25(32)24(15-18)35-3/h4-11,14-15,32H,12-13,16H2,1-3H3,(H,29,31). The second-order valence-electron chi connectivity index (χ2n) is 8.27. The second kappa shape index (κ2) is 10.5. The average Bonchev–Trinajstić information content (AvgIpc) is 3.12. The van der Waals surface area contributed by atoms with Gasteiger partial charge in [0.15, 0.2) is 17.2 Å². The summed E-state index contributed by atoms with van der Waals surface area (Å²) in [5.74, 6) is -0.0560. The van der Waals surface area contributed by atoms with E-state index >= 15 is 0 Å². The van der Waals surface area contributed by atoms with Crippen molar-refractivity contribution in [2.75, 3.05) is 27.3 Å². The van der Waals surface area contributed by atoms with E-state index in [1.807, 2.05) is 24.3 Å². The molecule has 3 aromatic rings. The Bertz CT molecular complexity index is 1250. The lowest BCUT2D eigenvalue weighted by molar-refractivity contribution is -0.122. The highest BCUT2D eigenvalue weighted by molar-refractivity contribution is 6.30. The number of phenolic OH excluding ortho intramolecular Hbond substituents is 1. The van der Waals surface area contributed by atoms with E-state index in [-0.39, 0.29) is 48.8 Å². The molecule has 0 aliphatic carbocycles. The van der Waals surface area contributed by atoms with Crippen molar-refractivity contribution in [2.24, 2.45) is 0 Å². The number of hydrogen-bond acceptors (Lipinski definition) is 6. The topological polar surface area (TPSA) is 97.3 Å². The number of hydrogen-bond donors (Lipinski definition) is 2. The predicted molar refractivity (Wildman–Crippen MR) is 134 cm³/mol. The molecule has 3 aromatic carbocycles. The minimum atomic E-state index is -1.30. The van der Waals surface area contributed by atoms with Crippen molar-refractivity contribution in [1.82, 2.24) is 10.2 Å². The lowest BCUT2D eigenvalue weighted by Crippen LogP contribution is -2.49. The van der Waals surface area contributed by atoms with Crippen LogP contribution >= 0.6 is 11.6 Å². The van der Waals surface area contributed by atoms with Crippen molar-refractivity contribution in [3.05, 3.63) is 87.9 Å². The van der Waals surface area contributed by atoms with E-state index in [0.717, 1.165) is 0 Å². The fraction of sp³-hybridized carbons (Fsp3) is 0.259. The first kappa shape index (κ1) is 25.3. The Hall–Kier alpha value is -3.75. The molecule has 0 spiro atoms. The number of rotatable bonds is 9. The van der Waals surface area contributed by atoms with Crippen molar-refractivity contribution in [1.29, 1.82) is 0 Å². The SMILES string of the molecule is COc1cc(COC2(c3ccc(Cl)cc3)c3ccccc3C(=O)N2CCNC(C)=O)cc(OC)c1O. The summed E-state index contributed by atoms with van der Waals surface area (Å²) in [6.45, 7) is 1.93. The van der Waals surface area contributed by atoms with Gasteiger partial charge in [-0.2, -0.15) is 0 Å². The van der Waals surface area contributed by atoms with Gasteiger partial charge in [0, 0.05) is 41.7 Å². The molecular weight excluding hydrogens is 484 g/mol. The highest BCUT2D eigenvalue weighted by Gasteiger charge is 2.52. The molecule has 0 fully saturated rings. The van der Waals surface area contributed by atoms with E-state index in [1.54, 1.807) is 41.3 Å². The molecule has 1 heterocycles. The maximum atomic E-state index is 13.6. The van der Waals surface area contributed by atoms with Gasteiger partial charge in [-0.1, -0.05) is 41.9 Å². The number of aromatic hydroxyl groups is 1. The van der Waals surface area contributed by atoms with Crippen LogP contribution in [0.5, 0.6) is 17.2 Å². The molecular formula is C27H27ClN2O6. The van der Waals surface area contributed by atoms with Gasteiger partial charge in [-0.3, -0.25) is 9.59 Å². The van der Waals surface area contributed by atoms with Crippen LogP contribution in [0.15, 0.2) is 60.7 Å². The summed E-state index contributed by atoms with van der Waals surface area (Å²) >= 11 is 6.18. The Labute approximate surface area is 214 Å². The van der Waals surface area contributed by atoms with Crippen LogP contribution in [0.4, 0.5) is 0 Å². The average molecular weight is 511 g/mol. The fourth-order valence-electron chi connectivity index (χ4n) is 4.45. The zero-order chi connectivity index (χ0) is 25.9. The maximum Gasteiger partial charge on any atom is 0.257 e. The third kappa shape index (κ3) is 4.57. The van der Waals surface area contributed by atoms with Crippen molar-refractivity contribution in [3.63, 3.8) is 0 Å². The number of carbonyl (C=O) groups is 2. The normalized spacial score (nSPS) is 16.6. The highest BCUT2D eigenvalue weighted by Crippen LogP contribution is 2.46. The first-order valence-electron chi connectivity index (χ1n) is 11.3. The number of ether oxygens (including phenoxy) is 3. The molecule has 0 radical (unpaired) electrons. The van der Waals surface area contributed by atoms with Gasteiger partial charge >= 0.3 is 0 Å². The van der Waals surface area contributed by atoms with E-state index in [9.17, 15) is 14.7 Å². The monoisotopic (exact) mass is 510 g/mol. The molecule has 0 aromatic heterocycles. The van der Waals surface area contributed by atoms with Crippen LogP contribution in [0.25, 0.3) is 0 Å². The molecule has 0 saturated carbocycles. The summed E-state index contributed by atoms with van der Waals surface area (Å²) in [4.78, 5) is 26.8. The van der Waals surface area contributed by atoms with Crippen molar-refractivity contribution < 1.29 is 28.9 Å². The molecule has 2 N–H and O–H groups in total. The quantitative estimate of drug-likeness (QED) is 0.450. The smallest absolute Gasteiger partial charge is 0.257 e. The van der Waals surface area contributed by atoms with Crippen molar-refractivity contribution in [3.8, 4) is 17.2 Å². The van der Waals surface area contributed by atoms with Crippen LogP contribution in [0, 0.1) is 0 Å². The molecule has 36 heavy (non-hydrogen) atoms. The number of phenols is 1. The number of benzene rings is 3. The zero-order valence-corrected chi connectivity index (χ0v) is 21.0. The summed E-state index contributed by atoms with van der Waals surface area (Å²) in [5, 5.41) is 13.6. The van der Waals surface area contributed by atoms with Gasteiger partial charge in [-0.25, -0.2) is 0 Å². The van der Waals surface area contributed by atoms with Crippen LogP contribution < -0.4 is 14.8 Å². The van der Waals surface area contributed by atoms with Gasteiger partial charge in [0.2, 0.25) is 11.7 Å². The van der Waals surface area contributed by atoms with E-state index < -0.39 is 5.72 Å². The van der Waals surface area contributed by atoms with Crippen LogP contribution in [-0.4, -0.2) is 49.1 Å². The minimum Gasteiger partial charge on any atom is -0.502 e. The van der Waals surface area contributed by atoms with Crippen LogP contribution in [0.1, 0.15) is 34.0 Å². The van der Waals surface area contributed by atoms with Crippen LogP contribution in [-0.2, 0) is 21.9 Å². The van der Waals surface area contributed by atoms with Gasteiger partial charge in [-0.05, 0) is 35.9 Å². The van der Waals surface area contributed by atoms with Gasteiger partial charge in [0.1, 0.15) is 0 Å². The summed E-state index contributed by atoms with van der Waals surface area (Å²) in [7, 11) is 2.90. The number of amides is 2. The first-order valence-corrected chi connectivity index (χ1v) is 11.7. The van der Waals surface area contributed by atoms with E-state index in [0.29, 0.717) is 27.3 Å². The molecule has 1 aliphatic heterocycles. The van der Waals surface area contributed by atoms with Crippen LogP contribution in [0.2, 0.25) is 5.02 Å². The Kier molecular flexibility index (Phi) is 7.37. The molecule has 1 atom stereocenters. The molecule has 9 heteroatoms. The van der Waals surface area contributed by atoms with Crippen molar-refractivity contribution >= 4 is 23.4 Å².